The quantitative estimate of drug-likeness (QED) is 0.731. The number of carbonyl (C=O) groups excluding carboxylic acids is 2. The normalized spacial score (nSPS) is 13.2. The van der Waals surface area contributed by atoms with E-state index in [1.165, 1.54) is 5.56 Å². The summed E-state index contributed by atoms with van der Waals surface area (Å²) in [4.78, 5) is 29.5. The Morgan fingerprint density at radius 1 is 1.17 bits per heavy atom. The van der Waals surface area contributed by atoms with Crippen LogP contribution in [0, 0.1) is 13.8 Å². The van der Waals surface area contributed by atoms with Crippen LogP contribution in [0.3, 0.4) is 0 Å². The first kappa shape index (κ1) is 21.0. The van der Waals surface area contributed by atoms with E-state index in [0.29, 0.717) is 19.1 Å². The van der Waals surface area contributed by atoms with E-state index in [1.54, 1.807) is 4.90 Å². The predicted molar refractivity (Wildman–Crippen MR) is 116 cm³/mol. The number of hydrogen-bond acceptors (Lipinski definition) is 2. The Bertz CT molecular complexity index is 870. The van der Waals surface area contributed by atoms with Crippen LogP contribution in [0.25, 0.3) is 0 Å². The molecule has 2 aromatic rings. The maximum atomic E-state index is 13.1. The van der Waals surface area contributed by atoms with Crippen LogP contribution in [0.15, 0.2) is 36.5 Å². The van der Waals surface area contributed by atoms with E-state index < -0.39 is 0 Å². The summed E-state index contributed by atoms with van der Waals surface area (Å²) in [5.74, 6) is 0.0115. The lowest BCUT2D eigenvalue weighted by atomic mass is 10.1. The van der Waals surface area contributed by atoms with Crippen molar-refractivity contribution in [1.29, 1.82) is 0 Å². The molecule has 6 nitrogen and oxygen atoms in total. The monoisotopic (exact) mass is 396 g/mol. The van der Waals surface area contributed by atoms with Crippen LogP contribution in [-0.2, 0) is 18.4 Å². The number of aromatic nitrogens is 1. The Hall–Kier alpha value is -2.76. The summed E-state index contributed by atoms with van der Waals surface area (Å²) in [6.07, 6.45) is 4.87. The first-order chi connectivity index (χ1) is 13.9. The lowest BCUT2D eigenvalue weighted by Crippen LogP contribution is -2.45. The molecule has 156 valence electrons. The fourth-order valence-corrected chi connectivity index (χ4v) is 3.44. The Morgan fingerprint density at radius 2 is 1.93 bits per heavy atom. The zero-order valence-electron chi connectivity index (χ0n) is 17.9. The zero-order chi connectivity index (χ0) is 21.0. The molecular formula is C23H32N4O2. The molecule has 29 heavy (non-hydrogen) atoms. The Labute approximate surface area is 173 Å². The van der Waals surface area contributed by atoms with Crippen LogP contribution >= 0.6 is 0 Å². The van der Waals surface area contributed by atoms with Gasteiger partial charge < -0.3 is 19.7 Å². The molecule has 1 fully saturated rings. The second kappa shape index (κ2) is 9.16. The van der Waals surface area contributed by atoms with Crippen LogP contribution in [0.5, 0.6) is 0 Å². The fourth-order valence-electron chi connectivity index (χ4n) is 3.44. The Kier molecular flexibility index (Phi) is 6.62. The van der Waals surface area contributed by atoms with Crippen LogP contribution < -0.4 is 5.32 Å². The minimum atomic E-state index is -0.224. The molecule has 1 aromatic carbocycles. The standard InChI is InChI=1S/C23H32N4O2/c1-5-12-26(23(29)24-19-9-8-17(2)18(3)14-19)16-22(28)27(20-10-11-20)15-21-7-6-13-25(21)4/h6-9,13-14,20H,5,10-12,15-16H2,1-4H3,(H,24,29). The van der Waals surface area contributed by atoms with E-state index >= 15 is 0 Å². The van der Waals surface area contributed by atoms with Gasteiger partial charge in [0.15, 0.2) is 0 Å². The zero-order valence-corrected chi connectivity index (χ0v) is 17.9. The topological polar surface area (TPSA) is 57.6 Å². The molecule has 0 saturated heterocycles. The van der Waals surface area contributed by atoms with Crippen molar-refractivity contribution in [2.75, 3.05) is 18.4 Å². The SMILES string of the molecule is CCCN(CC(=O)N(Cc1cccn1C)C1CC1)C(=O)Nc1ccc(C)c(C)c1. The lowest BCUT2D eigenvalue weighted by molar-refractivity contribution is -0.133. The molecule has 1 heterocycles. The van der Waals surface area contributed by atoms with Gasteiger partial charge in [0.1, 0.15) is 6.54 Å². The van der Waals surface area contributed by atoms with Gasteiger partial charge in [-0.25, -0.2) is 4.79 Å². The fraction of sp³-hybridized carbons (Fsp3) is 0.478. The third-order valence-corrected chi connectivity index (χ3v) is 5.56. The number of nitrogens with zero attached hydrogens (tertiary/aromatic N) is 3. The van der Waals surface area contributed by atoms with Gasteiger partial charge in [-0.2, -0.15) is 0 Å². The average molecular weight is 397 g/mol. The summed E-state index contributed by atoms with van der Waals surface area (Å²) in [5.41, 5.74) is 4.18. The molecule has 1 aliphatic carbocycles. The lowest BCUT2D eigenvalue weighted by Gasteiger charge is -2.28. The molecule has 0 unspecified atom stereocenters. The van der Waals surface area contributed by atoms with E-state index in [1.807, 2.05) is 73.8 Å². The highest BCUT2D eigenvalue weighted by Crippen LogP contribution is 2.28. The third kappa shape index (κ3) is 5.40. The van der Waals surface area contributed by atoms with Crippen LogP contribution in [0.2, 0.25) is 0 Å². The van der Waals surface area contributed by atoms with Gasteiger partial charge in [-0.05, 0) is 68.5 Å². The third-order valence-electron chi connectivity index (χ3n) is 5.56. The molecule has 3 amide bonds. The number of nitrogens with one attached hydrogen (secondary N) is 1. The van der Waals surface area contributed by atoms with Gasteiger partial charge in [0.05, 0.1) is 6.54 Å². The molecule has 1 saturated carbocycles. The molecule has 3 rings (SSSR count). The molecule has 1 N–H and O–H groups in total. The van der Waals surface area contributed by atoms with Gasteiger partial charge in [-0.3, -0.25) is 4.79 Å². The number of rotatable bonds is 8. The largest absolute Gasteiger partial charge is 0.353 e. The molecule has 0 bridgehead atoms. The molecule has 0 atom stereocenters. The summed E-state index contributed by atoms with van der Waals surface area (Å²) in [5, 5.41) is 2.95. The summed E-state index contributed by atoms with van der Waals surface area (Å²) < 4.78 is 2.04. The highest BCUT2D eigenvalue weighted by molar-refractivity contribution is 5.92. The van der Waals surface area contributed by atoms with E-state index in [9.17, 15) is 9.59 Å². The molecule has 1 aliphatic rings. The minimum absolute atomic E-state index is 0.0115. The first-order valence-electron chi connectivity index (χ1n) is 10.4. The Morgan fingerprint density at radius 3 is 2.52 bits per heavy atom. The van der Waals surface area contributed by atoms with Gasteiger partial charge >= 0.3 is 6.03 Å². The second-order valence-corrected chi connectivity index (χ2v) is 8.01. The van der Waals surface area contributed by atoms with Crippen LogP contribution in [0.1, 0.15) is 43.0 Å². The van der Waals surface area contributed by atoms with E-state index in [4.69, 9.17) is 0 Å². The average Bonchev–Trinajstić information content (AvgIpc) is 3.44. The predicted octanol–water partition coefficient (Wildman–Crippen LogP) is 4.08. The minimum Gasteiger partial charge on any atom is -0.353 e. The second-order valence-electron chi connectivity index (χ2n) is 8.01. The number of carbonyl (C=O) groups is 2. The van der Waals surface area contributed by atoms with Gasteiger partial charge in [0, 0.05) is 37.2 Å². The van der Waals surface area contributed by atoms with Crippen molar-refractivity contribution in [2.45, 2.75) is 52.6 Å². The Balaban J connectivity index is 1.67. The first-order valence-corrected chi connectivity index (χ1v) is 10.4. The molecule has 0 spiro atoms. The number of aryl methyl sites for hydroxylation is 3. The van der Waals surface area contributed by atoms with Crippen molar-refractivity contribution in [2.24, 2.45) is 7.05 Å². The van der Waals surface area contributed by atoms with Crippen molar-refractivity contribution in [3.05, 3.63) is 53.3 Å². The van der Waals surface area contributed by atoms with Gasteiger partial charge in [-0.15, -0.1) is 0 Å². The maximum absolute atomic E-state index is 13.1. The van der Waals surface area contributed by atoms with E-state index in [-0.39, 0.29) is 18.5 Å². The van der Waals surface area contributed by atoms with Gasteiger partial charge in [0.2, 0.25) is 5.91 Å². The van der Waals surface area contributed by atoms with Gasteiger partial charge in [0.25, 0.3) is 0 Å². The van der Waals surface area contributed by atoms with Crippen LogP contribution in [-0.4, -0.2) is 45.4 Å². The molecule has 0 radical (unpaired) electrons. The van der Waals surface area contributed by atoms with Crippen molar-refractivity contribution in [3.63, 3.8) is 0 Å². The summed E-state index contributed by atoms with van der Waals surface area (Å²) >= 11 is 0. The van der Waals surface area contributed by atoms with Crippen molar-refractivity contribution >= 4 is 17.6 Å². The van der Waals surface area contributed by atoms with Gasteiger partial charge in [-0.1, -0.05) is 13.0 Å². The molecule has 0 aliphatic heterocycles. The highest BCUT2D eigenvalue weighted by Gasteiger charge is 2.34. The van der Waals surface area contributed by atoms with Crippen LogP contribution in [0.4, 0.5) is 10.5 Å². The number of anilines is 1. The van der Waals surface area contributed by atoms with Crippen molar-refractivity contribution in [3.8, 4) is 0 Å². The van der Waals surface area contributed by atoms with E-state index in [0.717, 1.165) is 36.2 Å². The highest BCUT2D eigenvalue weighted by atomic mass is 16.2. The molecular weight excluding hydrogens is 364 g/mol. The smallest absolute Gasteiger partial charge is 0.322 e. The summed E-state index contributed by atoms with van der Waals surface area (Å²) in [6.45, 7) is 7.32. The van der Waals surface area contributed by atoms with Crippen molar-refractivity contribution in [1.82, 2.24) is 14.4 Å². The number of hydrogen-bond donors (Lipinski definition) is 1. The maximum Gasteiger partial charge on any atom is 0.322 e. The van der Waals surface area contributed by atoms with E-state index in [2.05, 4.69) is 5.32 Å². The van der Waals surface area contributed by atoms with Crippen molar-refractivity contribution < 1.29 is 9.59 Å². The number of amides is 3. The number of urea groups is 1. The summed E-state index contributed by atoms with van der Waals surface area (Å²) in [6, 6.07) is 9.96. The molecule has 6 heteroatoms. The summed E-state index contributed by atoms with van der Waals surface area (Å²) in [7, 11) is 1.99. The number of benzene rings is 1. The molecule has 1 aromatic heterocycles.